The van der Waals surface area contributed by atoms with Gasteiger partial charge in [0.05, 0.1) is 13.2 Å². The third-order valence-corrected chi connectivity index (χ3v) is 1.60. The summed E-state index contributed by atoms with van der Waals surface area (Å²) in [6.45, 7) is 1.16. The summed E-state index contributed by atoms with van der Waals surface area (Å²) in [6.07, 6.45) is -0.765. The second kappa shape index (κ2) is 3.46. The molecule has 0 spiro atoms. The van der Waals surface area contributed by atoms with Crippen molar-refractivity contribution in [1.29, 1.82) is 0 Å². The lowest BCUT2D eigenvalue weighted by Crippen LogP contribution is -2.43. The molecule has 0 aliphatic carbocycles. The Hall–Kier alpha value is -0.210. The van der Waals surface area contributed by atoms with Gasteiger partial charge in [-0.1, -0.05) is 0 Å². The highest BCUT2D eigenvalue weighted by atomic mass is 32.3. The molecule has 1 saturated heterocycles. The molecule has 11 heavy (non-hydrogen) atoms. The van der Waals surface area contributed by atoms with E-state index in [1.165, 1.54) is 0 Å². The van der Waals surface area contributed by atoms with Gasteiger partial charge < -0.3 is 4.74 Å². The second-order valence-electron chi connectivity index (χ2n) is 2.04. The van der Waals surface area contributed by atoms with Gasteiger partial charge in [0.25, 0.3) is 0 Å². The summed E-state index contributed by atoms with van der Waals surface area (Å²) >= 11 is 0. The Kier molecular flexibility index (Phi) is 2.79. The van der Waals surface area contributed by atoms with E-state index >= 15 is 0 Å². The molecular weight excluding hydrogens is 174 g/mol. The van der Waals surface area contributed by atoms with Crippen LogP contribution in [0.15, 0.2) is 0 Å². The molecule has 1 fully saturated rings. The van der Waals surface area contributed by atoms with E-state index in [9.17, 15) is 8.42 Å². The average molecular weight is 183 g/mol. The normalized spacial score (nSPS) is 26.8. The molecule has 0 amide bonds. The molecule has 1 aliphatic rings. The lowest BCUT2D eigenvalue weighted by molar-refractivity contribution is -0.00428. The molecule has 6 nitrogen and oxygen atoms in total. The van der Waals surface area contributed by atoms with E-state index in [4.69, 9.17) is 9.29 Å². The van der Waals surface area contributed by atoms with E-state index in [2.05, 4.69) is 9.50 Å². The van der Waals surface area contributed by atoms with Crippen molar-refractivity contribution < 1.29 is 21.9 Å². The van der Waals surface area contributed by atoms with Crippen LogP contribution in [-0.2, 0) is 19.3 Å². The average Bonchev–Trinajstić information content (AvgIpc) is 1.85. The van der Waals surface area contributed by atoms with Crippen LogP contribution in [0, 0.1) is 0 Å². The minimum atomic E-state index is -4.37. The zero-order valence-electron chi connectivity index (χ0n) is 5.69. The third kappa shape index (κ3) is 3.63. The Morgan fingerprint density at radius 1 is 1.64 bits per heavy atom. The summed E-state index contributed by atoms with van der Waals surface area (Å²) in [6, 6.07) is 0. The summed E-state index contributed by atoms with van der Waals surface area (Å²) < 4.78 is 37.5. The molecular formula is C4H9NO5S. The predicted octanol–water partition coefficient (Wildman–Crippen LogP) is -1.25. The first-order chi connectivity index (χ1) is 5.08. The van der Waals surface area contributed by atoms with Gasteiger partial charge in [-0.15, -0.1) is 0 Å². The van der Waals surface area contributed by atoms with Crippen LogP contribution in [0.5, 0.6) is 0 Å². The van der Waals surface area contributed by atoms with Crippen molar-refractivity contribution in [2.75, 3.05) is 19.8 Å². The summed E-state index contributed by atoms with van der Waals surface area (Å²) in [7, 11) is -4.37. The molecule has 1 unspecified atom stereocenters. The molecule has 0 bridgehead atoms. The van der Waals surface area contributed by atoms with Gasteiger partial charge in [-0.25, -0.2) is 4.18 Å². The fourth-order valence-corrected chi connectivity index (χ4v) is 1.17. The molecule has 0 aromatic carbocycles. The topological polar surface area (TPSA) is 84.9 Å². The minimum absolute atomic E-state index is 0.125. The molecule has 1 aliphatic heterocycles. The van der Waals surface area contributed by atoms with Crippen LogP contribution in [0.1, 0.15) is 0 Å². The second-order valence-corrected chi connectivity index (χ2v) is 3.09. The van der Waals surface area contributed by atoms with Gasteiger partial charge in [-0.05, 0) is 0 Å². The van der Waals surface area contributed by atoms with Crippen LogP contribution in [0.3, 0.4) is 0 Å². The van der Waals surface area contributed by atoms with E-state index in [0.717, 1.165) is 0 Å². The summed E-state index contributed by atoms with van der Waals surface area (Å²) in [5.41, 5.74) is 0. The van der Waals surface area contributed by atoms with E-state index in [1.807, 2.05) is 0 Å². The van der Waals surface area contributed by atoms with Gasteiger partial charge in [0.2, 0.25) is 0 Å². The highest BCUT2D eigenvalue weighted by molar-refractivity contribution is 7.80. The van der Waals surface area contributed by atoms with Crippen LogP contribution in [0.4, 0.5) is 0 Å². The fraction of sp³-hybridized carbons (Fsp3) is 1.00. The number of hydrogen-bond donors (Lipinski definition) is 2. The van der Waals surface area contributed by atoms with E-state index in [0.29, 0.717) is 13.2 Å². The molecule has 66 valence electrons. The molecule has 1 atom stereocenters. The number of morpholine rings is 1. The molecule has 0 radical (unpaired) electrons. The van der Waals surface area contributed by atoms with Gasteiger partial charge in [-0.2, -0.15) is 8.42 Å². The molecule has 0 aromatic rings. The summed E-state index contributed by atoms with van der Waals surface area (Å²) in [4.78, 5) is 0. The maximum atomic E-state index is 10.1. The minimum Gasteiger partial charge on any atom is -0.376 e. The van der Waals surface area contributed by atoms with Gasteiger partial charge >= 0.3 is 10.4 Å². The maximum absolute atomic E-state index is 10.1. The molecule has 0 aromatic heterocycles. The molecule has 2 N–H and O–H groups in total. The SMILES string of the molecule is O=S(=O)(O)OC1COCCN1. The monoisotopic (exact) mass is 183 g/mol. The van der Waals surface area contributed by atoms with E-state index in [-0.39, 0.29) is 6.61 Å². The summed E-state index contributed by atoms with van der Waals surface area (Å²) in [5.74, 6) is 0. The fourth-order valence-electron chi connectivity index (χ4n) is 0.750. The Balaban J connectivity index is 2.36. The molecule has 0 saturated carbocycles. The van der Waals surface area contributed by atoms with Crippen LogP contribution in [-0.4, -0.2) is 39.0 Å². The van der Waals surface area contributed by atoms with Crippen molar-refractivity contribution in [2.24, 2.45) is 0 Å². The zero-order chi connectivity index (χ0) is 8.32. The van der Waals surface area contributed by atoms with Crippen molar-refractivity contribution in [3.05, 3.63) is 0 Å². The molecule has 1 rings (SSSR count). The van der Waals surface area contributed by atoms with Crippen molar-refractivity contribution in [2.45, 2.75) is 6.23 Å². The number of nitrogens with one attached hydrogen (secondary N) is 1. The lowest BCUT2D eigenvalue weighted by Gasteiger charge is -2.21. The van der Waals surface area contributed by atoms with Crippen LogP contribution in [0.25, 0.3) is 0 Å². The highest BCUT2D eigenvalue weighted by Gasteiger charge is 2.19. The zero-order valence-corrected chi connectivity index (χ0v) is 6.50. The van der Waals surface area contributed by atoms with Crippen LogP contribution in [0.2, 0.25) is 0 Å². The van der Waals surface area contributed by atoms with Gasteiger partial charge in [0.1, 0.15) is 0 Å². The Morgan fingerprint density at radius 2 is 2.36 bits per heavy atom. The van der Waals surface area contributed by atoms with Crippen molar-refractivity contribution in [1.82, 2.24) is 5.32 Å². The maximum Gasteiger partial charge on any atom is 0.398 e. The highest BCUT2D eigenvalue weighted by Crippen LogP contribution is 1.98. The first-order valence-corrected chi connectivity index (χ1v) is 4.41. The quantitative estimate of drug-likeness (QED) is 0.520. The summed E-state index contributed by atoms with van der Waals surface area (Å²) in [5, 5.41) is 2.69. The van der Waals surface area contributed by atoms with Crippen LogP contribution >= 0.6 is 0 Å². The Bertz CT molecular complexity index is 207. The van der Waals surface area contributed by atoms with E-state index < -0.39 is 16.6 Å². The Labute approximate surface area is 64.4 Å². The largest absolute Gasteiger partial charge is 0.398 e. The van der Waals surface area contributed by atoms with Gasteiger partial charge in [0.15, 0.2) is 6.23 Å². The first-order valence-electron chi connectivity index (χ1n) is 3.05. The smallest absolute Gasteiger partial charge is 0.376 e. The molecule has 7 heteroatoms. The first kappa shape index (κ1) is 8.88. The van der Waals surface area contributed by atoms with E-state index in [1.54, 1.807) is 0 Å². The number of rotatable bonds is 2. The molecule has 1 heterocycles. The third-order valence-electron chi connectivity index (χ3n) is 1.13. The Morgan fingerprint density at radius 3 is 2.82 bits per heavy atom. The van der Waals surface area contributed by atoms with Gasteiger partial charge in [-0.3, -0.25) is 9.87 Å². The van der Waals surface area contributed by atoms with Crippen molar-refractivity contribution >= 4 is 10.4 Å². The number of ether oxygens (including phenoxy) is 1. The number of hydrogen-bond acceptors (Lipinski definition) is 5. The predicted molar refractivity (Wildman–Crippen MR) is 35.2 cm³/mol. The van der Waals surface area contributed by atoms with Crippen molar-refractivity contribution in [3.63, 3.8) is 0 Å². The lowest BCUT2D eigenvalue weighted by atomic mass is 10.5. The van der Waals surface area contributed by atoms with Gasteiger partial charge in [0, 0.05) is 6.54 Å². The standard InChI is InChI=1S/C4H9NO5S/c6-11(7,8)10-4-3-9-2-1-5-4/h4-5H,1-3H2,(H,6,7,8). The van der Waals surface area contributed by atoms with Crippen LogP contribution < -0.4 is 5.32 Å². The van der Waals surface area contributed by atoms with Crippen molar-refractivity contribution in [3.8, 4) is 0 Å².